The average molecular weight is 294 g/mol. The first-order valence-corrected chi connectivity index (χ1v) is 7.83. The van der Waals surface area contributed by atoms with Gasteiger partial charge in [0.2, 0.25) is 10.1 Å². The molecule has 2 aromatic heterocycles. The molecule has 1 N–H and O–H groups in total. The van der Waals surface area contributed by atoms with Gasteiger partial charge in [0.1, 0.15) is 0 Å². The van der Waals surface area contributed by atoms with Gasteiger partial charge in [0, 0.05) is 17.8 Å². The van der Waals surface area contributed by atoms with Gasteiger partial charge < -0.3 is 5.32 Å². The summed E-state index contributed by atoms with van der Waals surface area (Å²) < 4.78 is 1.38. The average Bonchev–Trinajstić information content (AvgIpc) is 2.77. The van der Waals surface area contributed by atoms with Crippen molar-refractivity contribution in [1.29, 1.82) is 0 Å². The van der Waals surface area contributed by atoms with Crippen molar-refractivity contribution in [3.8, 4) is 0 Å². The molecule has 0 spiro atoms. The maximum Gasteiger partial charge on any atom is 0.275 e. The largest absolute Gasteiger partial charge is 0.357 e. The third kappa shape index (κ3) is 3.00. The SMILES string of the molecule is CCc1cc(=O)n2nc(N[C@H](CC)C(C)(C)C)sc2n1. The smallest absolute Gasteiger partial charge is 0.275 e. The predicted molar refractivity (Wildman–Crippen MR) is 83.7 cm³/mol. The quantitative estimate of drug-likeness (QED) is 0.942. The second-order valence-corrected chi connectivity index (χ2v) is 6.97. The maximum atomic E-state index is 12.0. The minimum absolute atomic E-state index is 0.111. The molecular formula is C14H22N4OS. The van der Waals surface area contributed by atoms with Crippen LogP contribution in [0.2, 0.25) is 0 Å². The Kier molecular flexibility index (Phi) is 4.13. The van der Waals surface area contributed by atoms with Gasteiger partial charge in [-0.3, -0.25) is 4.79 Å². The van der Waals surface area contributed by atoms with Gasteiger partial charge in [0.05, 0.1) is 0 Å². The van der Waals surface area contributed by atoms with Crippen molar-refractivity contribution in [2.75, 3.05) is 5.32 Å². The van der Waals surface area contributed by atoms with Crippen LogP contribution in [0, 0.1) is 5.41 Å². The molecule has 0 aromatic carbocycles. The first kappa shape index (κ1) is 15.0. The molecule has 0 amide bonds. The van der Waals surface area contributed by atoms with Crippen molar-refractivity contribution in [3.63, 3.8) is 0 Å². The summed E-state index contributed by atoms with van der Waals surface area (Å²) in [4.78, 5) is 17.1. The van der Waals surface area contributed by atoms with Crippen LogP contribution in [-0.4, -0.2) is 20.6 Å². The van der Waals surface area contributed by atoms with E-state index in [2.05, 4.69) is 43.1 Å². The van der Waals surface area contributed by atoms with E-state index in [0.29, 0.717) is 11.0 Å². The van der Waals surface area contributed by atoms with E-state index >= 15 is 0 Å². The third-order valence-corrected chi connectivity index (χ3v) is 4.25. The number of nitrogens with zero attached hydrogens (tertiary/aromatic N) is 3. The number of aromatic nitrogens is 3. The Morgan fingerprint density at radius 3 is 2.65 bits per heavy atom. The third-order valence-electron chi connectivity index (χ3n) is 3.41. The first-order chi connectivity index (χ1) is 9.35. The second kappa shape index (κ2) is 5.52. The Morgan fingerprint density at radius 2 is 2.10 bits per heavy atom. The summed E-state index contributed by atoms with van der Waals surface area (Å²) in [6, 6.07) is 1.86. The summed E-state index contributed by atoms with van der Waals surface area (Å²) in [7, 11) is 0. The molecule has 0 bridgehead atoms. The van der Waals surface area contributed by atoms with Crippen LogP contribution in [0.4, 0.5) is 5.13 Å². The zero-order valence-electron chi connectivity index (χ0n) is 12.7. The minimum Gasteiger partial charge on any atom is -0.357 e. The molecule has 1 atom stereocenters. The van der Waals surface area contributed by atoms with Gasteiger partial charge in [0.15, 0.2) is 0 Å². The topological polar surface area (TPSA) is 59.3 Å². The Morgan fingerprint density at radius 1 is 1.40 bits per heavy atom. The van der Waals surface area contributed by atoms with Crippen molar-refractivity contribution < 1.29 is 0 Å². The van der Waals surface area contributed by atoms with E-state index in [-0.39, 0.29) is 11.0 Å². The number of hydrogen-bond acceptors (Lipinski definition) is 5. The molecule has 0 radical (unpaired) electrons. The number of nitrogens with one attached hydrogen (secondary N) is 1. The molecule has 0 saturated carbocycles. The summed E-state index contributed by atoms with van der Waals surface area (Å²) in [5.41, 5.74) is 0.840. The van der Waals surface area contributed by atoms with Crippen molar-refractivity contribution in [3.05, 3.63) is 22.1 Å². The standard InChI is InChI=1S/C14H22N4OS/c1-6-9-8-11(19)18-13(15-9)20-12(17-18)16-10(7-2)14(3,4)5/h8,10H,6-7H2,1-5H3,(H,16,17)/t10-/m1/s1. The summed E-state index contributed by atoms with van der Waals surface area (Å²) in [5.74, 6) is 0. The second-order valence-electron chi connectivity index (χ2n) is 6.01. The van der Waals surface area contributed by atoms with E-state index in [0.717, 1.165) is 23.7 Å². The lowest BCUT2D eigenvalue weighted by molar-refractivity contribution is 0.333. The van der Waals surface area contributed by atoms with Crippen LogP contribution in [0.3, 0.4) is 0 Å². The molecule has 0 saturated heterocycles. The van der Waals surface area contributed by atoms with Crippen molar-refractivity contribution in [2.24, 2.45) is 5.41 Å². The molecule has 0 aliphatic carbocycles. The summed E-state index contributed by atoms with van der Waals surface area (Å²) in [6.07, 6.45) is 1.76. The number of rotatable bonds is 4. The molecule has 2 heterocycles. The molecule has 0 fully saturated rings. The van der Waals surface area contributed by atoms with Crippen LogP contribution in [0.1, 0.15) is 46.7 Å². The predicted octanol–water partition coefficient (Wildman–Crippen LogP) is 2.95. The van der Waals surface area contributed by atoms with Gasteiger partial charge in [0.25, 0.3) is 5.56 Å². The Bertz CT molecular complexity index is 653. The Labute approximate surface area is 123 Å². The summed E-state index contributed by atoms with van der Waals surface area (Å²) in [6.45, 7) is 10.7. The number of fused-ring (bicyclic) bond motifs is 1. The van der Waals surface area contributed by atoms with Crippen LogP contribution in [-0.2, 0) is 6.42 Å². The molecule has 110 valence electrons. The van der Waals surface area contributed by atoms with Gasteiger partial charge in [-0.15, -0.1) is 5.10 Å². The highest BCUT2D eigenvalue weighted by molar-refractivity contribution is 7.20. The highest BCUT2D eigenvalue weighted by Gasteiger charge is 2.24. The van der Waals surface area contributed by atoms with Crippen LogP contribution in [0.15, 0.2) is 10.9 Å². The molecule has 0 aliphatic rings. The number of aryl methyl sites for hydroxylation is 1. The molecular weight excluding hydrogens is 272 g/mol. The molecule has 2 aromatic rings. The number of hydrogen-bond donors (Lipinski definition) is 1. The lowest BCUT2D eigenvalue weighted by Crippen LogP contribution is -2.33. The molecule has 0 aliphatic heterocycles. The highest BCUT2D eigenvalue weighted by atomic mass is 32.1. The van der Waals surface area contributed by atoms with E-state index in [1.165, 1.54) is 15.9 Å². The van der Waals surface area contributed by atoms with Gasteiger partial charge in [-0.2, -0.15) is 4.52 Å². The molecule has 2 rings (SSSR count). The Hall–Kier alpha value is -1.43. The monoisotopic (exact) mass is 294 g/mol. The van der Waals surface area contributed by atoms with E-state index < -0.39 is 0 Å². The summed E-state index contributed by atoms with van der Waals surface area (Å²) in [5, 5.41) is 8.52. The fraction of sp³-hybridized carbons (Fsp3) is 0.643. The molecule has 20 heavy (non-hydrogen) atoms. The minimum atomic E-state index is -0.111. The van der Waals surface area contributed by atoms with Crippen molar-refractivity contribution >= 4 is 21.4 Å². The molecule has 0 unspecified atom stereocenters. The van der Waals surface area contributed by atoms with Gasteiger partial charge >= 0.3 is 0 Å². The van der Waals surface area contributed by atoms with E-state index in [9.17, 15) is 4.79 Å². The molecule has 6 heteroatoms. The van der Waals surface area contributed by atoms with E-state index in [4.69, 9.17) is 0 Å². The van der Waals surface area contributed by atoms with Crippen LogP contribution >= 0.6 is 11.3 Å². The lowest BCUT2D eigenvalue weighted by Gasteiger charge is -2.30. The zero-order chi connectivity index (χ0) is 14.9. The van der Waals surface area contributed by atoms with E-state index in [1.54, 1.807) is 6.07 Å². The van der Waals surface area contributed by atoms with Crippen LogP contribution in [0.5, 0.6) is 0 Å². The normalized spacial score (nSPS) is 13.7. The summed E-state index contributed by atoms with van der Waals surface area (Å²) >= 11 is 1.43. The fourth-order valence-corrected chi connectivity index (χ4v) is 3.05. The van der Waals surface area contributed by atoms with Gasteiger partial charge in [-0.1, -0.05) is 46.0 Å². The number of anilines is 1. The highest BCUT2D eigenvalue weighted by Crippen LogP contribution is 2.27. The first-order valence-electron chi connectivity index (χ1n) is 7.01. The zero-order valence-corrected chi connectivity index (χ0v) is 13.5. The van der Waals surface area contributed by atoms with Crippen LogP contribution < -0.4 is 10.9 Å². The van der Waals surface area contributed by atoms with Crippen molar-refractivity contribution in [1.82, 2.24) is 14.6 Å². The van der Waals surface area contributed by atoms with Gasteiger partial charge in [-0.05, 0) is 18.3 Å². The van der Waals surface area contributed by atoms with Crippen LogP contribution in [0.25, 0.3) is 4.96 Å². The molecule has 5 nitrogen and oxygen atoms in total. The maximum absolute atomic E-state index is 12.0. The van der Waals surface area contributed by atoms with Crippen molar-refractivity contribution in [2.45, 2.75) is 53.5 Å². The van der Waals surface area contributed by atoms with E-state index in [1.807, 2.05) is 6.92 Å². The van der Waals surface area contributed by atoms with Gasteiger partial charge in [-0.25, -0.2) is 4.98 Å². The Balaban J connectivity index is 2.37. The lowest BCUT2D eigenvalue weighted by atomic mass is 9.85. The fourth-order valence-electron chi connectivity index (χ4n) is 2.18.